The van der Waals surface area contributed by atoms with Gasteiger partial charge in [-0.15, -0.1) is 0 Å². The van der Waals surface area contributed by atoms with Gasteiger partial charge in [0.25, 0.3) is 5.91 Å². The third-order valence-corrected chi connectivity index (χ3v) is 5.28. The number of benzene rings is 1. The van der Waals surface area contributed by atoms with Crippen molar-refractivity contribution in [3.05, 3.63) is 51.3 Å². The SMILES string of the molecule is Cn1c(C(C)(C)C)c/c(=N\C(=O)c2cc(Br)ccc2F)n1C[C@H]1CCCO1. The molecule has 5 nitrogen and oxygen atoms in total. The van der Waals surface area contributed by atoms with E-state index in [1.165, 1.54) is 12.1 Å². The van der Waals surface area contributed by atoms with Crippen LogP contribution in [0.3, 0.4) is 0 Å². The van der Waals surface area contributed by atoms with Gasteiger partial charge in [-0.2, -0.15) is 4.99 Å². The summed E-state index contributed by atoms with van der Waals surface area (Å²) in [4.78, 5) is 16.9. The highest BCUT2D eigenvalue weighted by Gasteiger charge is 2.24. The number of amides is 1. The number of nitrogens with zero attached hydrogens (tertiary/aromatic N) is 3. The molecule has 1 saturated heterocycles. The minimum Gasteiger partial charge on any atom is -0.376 e. The van der Waals surface area contributed by atoms with Gasteiger partial charge in [-0.1, -0.05) is 36.7 Å². The fourth-order valence-electron chi connectivity index (χ4n) is 3.39. The Kier molecular flexibility index (Phi) is 5.72. The molecule has 0 unspecified atom stereocenters. The maximum Gasteiger partial charge on any atom is 0.282 e. The van der Waals surface area contributed by atoms with Crippen LogP contribution in [0.15, 0.2) is 33.7 Å². The normalized spacial score (nSPS) is 18.3. The smallest absolute Gasteiger partial charge is 0.282 e. The van der Waals surface area contributed by atoms with E-state index >= 15 is 0 Å². The van der Waals surface area contributed by atoms with E-state index in [2.05, 4.69) is 41.7 Å². The van der Waals surface area contributed by atoms with Crippen LogP contribution in [0.2, 0.25) is 0 Å². The van der Waals surface area contributed by atoms with Gasteiger partial charge in [0, 0.05) is 35.3 Å². The van der Waals surface area contributed by atoms with Crippen LogP contribution in [-0.2, 0) is 23.7 Å². The molecule has 0 spiro atoms. The van der Waals surface area contributed by atoms with Crippen LogP contribution in [0.1, 0.15) is 49.7 Å². The predicted octanol–water partition coefficient (Wildman–Crippen LogP) is 3.95. The van der Waals surface area contributed by atoms with Crippen LogP contribution in [0.4, 0.5) is 4.39 Å². The molecule has 0 N–H and O–H groups in total. The van der Waals surface area contributed by atoms with Gasteiger partial charge in [0.05, 0.1) is 18.2 Å². The van der Waals surface area contributed by atoms with Gasteiger partial charge in [0.1, 0.15) is 5.82 Å². The summed E-state index contributed by atoms with van der Waals surface area (Å²) in [7, 11) is 1.96. The number of hydrogen-bond donors (Lipinski definition) is 0. The Morgan fingerprint density at radius 1 is 1.37 bits per heavy atom. The number of carbonyl (C=O) groups excluding carboxylic acids is 1. The predicted molar refractivity (Wildman–Crippen MR) is 105 cm³/mol. The molecule has 1 amide bonds. The summed E-state index contributed by atoms with van der Waals surface area (Å²) in [6.07, 6.45) is 2.12. The first-order chi connectivity index (χ1) is 12.7. The molecule has 1 aliphatic rings. The maximum absolute atomic E-state index is 14.1. The zero-order valence-electron chi connectivity index (χ0n) is 16.1. The fourth-order valence-corrected chi connectivity index (χ4v) is 3.75. The Morgan fingerprint density at radius 2 is 2.11 bits per heavy atom. The van der Waals surface area contributed by atoms with Gasteiger partial charge in [-0.3, -0.25) is 14.2 Å². The summed E-state index contributed by atoms with van der Waals surface area (Å²) in [5.74, 6) is -1.18. The number of rotatable bonds is 3. The first-order valence-electron chi connectivity index (χ1n) is 9.10. The molecule has 2 aromatic rings. The molecule has 1 atom stereocenters. The minimum atomic E-state index is -0.596. The number of aromatic nitrogens is 2. The quantitative estimate of drug-likeness (QED) is 0.729. The second kappa shape index (κ2) is 7.72. The largest absolute Gasteiger partial charge is 0.376 e. The summed E-state index contributed by atoms with van der Waals surface area (Å²) in [5, 5.41) is 0. The van der Waals surface area contributed by atoms with Gasteiger partial charge in [-0.25, -0.2) is 4.39 Å². The summed E-state index contributed by atoms with van der Waals surface area (Å²) < 4.78 is 24.5. The van der Waals surface area contributed by atoms with E-state index in [0.29, 0.717) is 16.5 Å². The highest BCUT2D eigenvalue weighted by Crippen LogP contribution is 2.22. The van der Waals surface area contributed by atoms with E-state index < -0.39 is 11.7 Å². The van der Waals surface area contributed by atoms with Crippen molar-refractivity contribution < 1.29 is 13.9 Å². The second-order valence-electron chi connectivity index (χ2n) is 7.92. The van der Waals surface area contributed by atoms with E-state index in [1.807, 2.05) is 22.5 Å². The fraction of sp³-hybridized carbons (Fsp3) is 0.500. The number of halogens is 2. The maximum atomic E-state index is 14.1. The number of hydrogen-bond acceptors (Lipinski definition) is 2. The van der Waals surface area contributed by atoms with Gasteiger partial charge >= 0.3 is 0 Å². The van der Waals surface area contributed by atoms with Crippen molar-refractivity contribution in [1.82, 2.24) is 9.36 Å². The van der Waals surface area contributed by atoms with Crippen molar-refractivity contribution in [2.24, 2.45) is 12.0 Å². The Hall–Kier alpha value is -1.73. The molecule has 0 aliphatic carbocycles. The Bertz CT molecular complexity index is 918. The van der Waals surface area contributed by atoms with Crippen molar-refractivity contribution in [2.45, 2.75) is 51.7 Å². The summed E-state index contributed by atoms with van der Waals surface area (Å²) in [6.45, 7) is 7.70. The van der Waals surface area contributed by atoms with E-state index in [-0.39, 0.29) is 17.1 Å². The molecule has 0 bridgehead atoms. The zero-order chi connectivity index (χ0) is 19.8. The monoisotopic (exact) mass is 437 g/mol. The van der Waals surface area contributed by atoms with E-state index in [0.717, 1.165) is 25.1 Å². The summed E-state index contributed by atoms with van der Waals surface area (Å²) in [6, 6.07) is 6.19. The van der Waals surface area contributed by atoms with Crippen molar-refractivity contribution in [3.8, 4) is 0 Å². The Labute approximate surface area is 167 Å². The first kappa shape index (κ1) is 20.0. The molecule has 27 heavy (non-hydrogen) atoms. The molecule has 3 rings (SSSR count). The van der Waals surface area contributed by atoms with Gasteiger partial charge in [0.2, 0.25) is 0 Å². The standard InChI is InChI=1S/C20H25BrFN3O2/c1-20(2,3)17-11-18(25(24(17)4)12-14-6-5-9-27-14)23-19(26)15-10-13(21)7-8-16(15)22/h7-8,10-11,14H,5-6,9,12H2,1-4H3/b23-18+/t14-/m1/s1. The number of ether oxygens (including phenoxy) is 1. The van der Waals surface area contributed by atoms with Crippen LogP contribution >= 0.6 is 15.9 Å². The van der Waals surface area contributed by atoms with E-state index in [9.17, 15) is 9.18 Å². The third kappa shape index (κ3) is 4.41. The molecular weight excluding hydrogens is 413 g/mol. The minimum absolute atomic E-state index is 0.0470. The van der Waals surface area contributed by atoms with Gasteiger partial charge in [0.15, 0.2) is 5.49 Å². The Balaban J connectivity index is 2.08. The van der Waals surface area contributed by atoms with Crippen molar-refractivity contribution in [3.63, 3.8) is 0 Å². The number of carbonyl (C=O) groups is 1. The average Bonchev–Trinajstić information content (AvgIpc) is 3.20. The highest BCUT2D eigenvalue weighted by atomic mass is 79.9. The lowest BCUT2D eigenvalue weighted by atomic mass is 9.92. The van der Waals surface area contributed by atoms with Crippen molar-refractivity contribution >= 4 is 21.8 Å². The van der Waals surface area contributed by atoms with E-state index in [1.54, 1.807) is 6.07 Å². The van der Waals surface area contributed by atoms with Gasteiger partial charge in [-0.05, 0) is 31.0 Å². The molecule has 1 aromatic carbocycles. The first-order valence-corrected chi connectivity index (χ1v) is 9.89. The lowest BCUT2D eigenvalue weighted by Gasteiger charge is -2.21. The van der Waals surface area contributed by atoms with Gasteiger partial charge < -0.3 is 4.74 Å². The third-order valence-electron chi connectivity index (χ3n) is 4.78. The Morgan fingerprint density at radius 3 is 2.74 bits per heavy atom. The van der Waals surface area contributed by atoms with Crippen molar-refractivity contribution in [2.75, 3.05) is 6.61 Å². The summed E-state index contributed by atoms with van der Waals surface area (Å²) in [5.41, 5.74) is 1.39. The lowest BCUT2D eigenvalue weighted by Crippen LogP contribution is -2.30. The molecule has 7 heteroatoms. The van der Waals surface area contributed by atoms with Crippen molar-refractivity contribution in [1.29, 1.82) is 0 Å². The topological polar surface area (TPSA) is 48.5 Å². The molecule has 146 valence electrons. The molecule has 1 aromatic heterocycles. The van der Waals surface area contributed by atoms with Crippen LogP contribution < -0.4 is 5.49 Å². The molecule has 1 aliphatic heterocycles. The van der Waals surface area contributed by atoms with Crippen LogP contribution in [0.5, 0.6) is 0 Å². The zero-order valence-corrected chi connectivity index (χ0v) is 17.7. The molecule has 0 radical (unpaired) electrons. The summed E-state index contributed by atoms with van der Waals surface area (Å²) >= 11 is 3.28. The average molecular weight is 438 g/mol. The van der Waals surface area contributed by atoms with Crippen LogP contribution in [-0.4, -0.2) is 28.0 Å². The molecule has 2 heterocycles. The highest BCUT2D eigenvalue weighted by molar-refractivity contribution is 9.10. The lowest BCUT2D eigenvalue weighted by molar-refractivity contribution is 0.0885. The molecular formula is C20H25BrFN3O2. The second-order valence-corrected chi connectivity index (χ2v) is 8.84. The van der Waals surface area contributed by atoms with Crippen LogP contribution in [0.25, 0.3) is 0 Å². The van der Waals surface area contributed by atoms with E-state index in [4.69, 9.17) is 4.74 Å². The molecule has 0 saturated carbocycles. The van der Waals surface area contributed by atoms with Crippen LogP contribution in [0, 0.1) is 5.82 Å². The molecule has 1 fully saturated rings.